The summed E-state index contributed by atoms with van der Waals surface area (Å²) in [5, 5.41) is 3.82. The molecule has 1 aromatic carbocycles. The molecular weight excluding hydrogens is 398 g/mol. The fourth-order valence-corrected chi connectivity index (χ4v) is 3.76. The summed E-state index contributed by atoms with van der Waals surface area (Å²) in [5.41, 5.74) is 0.322. The van der Waals surface area contributed by atoms with Gasteiger partial charge in [-0.3, -0.25) is 19.3 Å². The monoisotopic (exact) mass is 410 g/mol. The summed E-state index contributed by atoms with van der Waals surface area (Å²) in [7, 11) is 0. The molecule has 3 rings (SSSR count). The van der Waals surface area contributed by atoms with E-state index in [2.05, 4.69) is 10.1 Å². The topological polar surface area (TPSA) is 75.7 Å². The summed E-state index contributed by atoms with van der Waals surface area (Å²) in [6, 6.07) is 8.93. The molecule has 1 aromatic heterocycles. The SMILES string of the molecule is O=C(CN1C(=O)S/C(=C\c2cccs2)C1=O)Nc1ccc(OC(F)F)cc1. The maximum atomic E-state index is 12.3. The van der Waals surface area contributed by atoms with Crippen molar-refractivity contribution in [3.05, 3.63) is 51.6 Å². The zero-order chi connectivity index (χ0) is 19.4. The lowest BCUT2D eigenvalue weighted by molar-refractivity contribution is -0.127. The number of alkyl halides is 2. The van der Waals surface area contributed by atoms with Gasteiger partial charge in [0.15, 0.2) is 0 Å². The maximum absolute atomic E-state index is 12.3. The van der Waals surface area contributed by atoms with Gasteiger partial charge in [-0.25, -0.2) is 0 Å². The largest absolute Gasteiger partial charge is 0.435 e. The van der Waals surface area contributed by atoms with E-state index in [1.807, 2.05) is 17.5 Å². The molecule has 0 radical (unpaired) electrons. The van der Waals surface area contributed by atoms with Crippen LogP contribution in [0.15, 0.2) is 46.7 Å². The number of ether oxygens (including phenoxy) is 1. The Morgan fingerprint density at radius 3 is 2.59 bits per heavy atom. The standard InChI is InChI=1S/C17H12F2N2O4S2/c18-16(19)25-11-5-3-10(4-6-11)20-14(22)9-21-15(23)13(27-17(21)24)8-12-2-1-7-26-12/h1-8,16H,9H2,(H,20,22)/b13-8-. The van der Waals surface area contributed by atoms with E-state index < -0.39 is 30.2 Å². The van der Waals surface area contributed by atoms with Crippen LogP contribution in [-0.4, -0.2) is 35.1 Å². The van der Waals surface area contributed by atoms with Crippen LogP contribution in [-0.2, 0) is 9.59 Å². The van der Waals surface area contributed by atoms with E-state index in [0.29, 0.717) is 5.69 Å². The van der Waals surface area contributed by atoms with Crippen molar-refractivity contribution in [1.29, 1.82) is 0 Å². The molecule has 0 atom stereocenters. The fourth-order valence-electron chi connectivity index (χ4n) is 2.20. The second-order valence-electron chi connectivity index (χ2n) is 5.23. The second kappa shape index (κ2) is 8.31. The van der Waals surface area contributed by atoms with Gasteiger partial charge in [0.25, 0.3) is 11.1 Å². The third-order valence-corrected chi connectivity index (χ3v) is 5.08. The van der Waals surface area contributed by atoms with Crippen LogP contribution in [0.2, 0.25) is 0 Å². The zero-order valence-electron chi connectivity index (χ0n) is 13.6. The minimum absolute atomic E-state index is 0.0485. The van der Waals surface area contributed by atoms with Gasteiger partial charge in [0, 0.05) is 10.6 Å². The molecule has 2 aromatic rings. The molecule has 10 heteroatoms. The Balaban J connectivity index is 1.60. The number of thiophene rings is 1. The van der Waals surface area contributed by atoms with Crippen LogP contribution in [0, 0.1) is 0 Å². The molecule has 3 amide bonds. The summed E-state index contributed by atoms with van der Waals surface area (Å²) in [5.74, 6) is -1.17. The Labute approximate surface area is 160 Å². The van der Waals surface area contributed by atoms with Crippen LogP contribution in [0.3, 0.4) is 0 Å². The number of benzene rings is 1. The summed E-state index contributed by atoms with van der Waals surface area (Å²) < 4.78 is 28.4. The summed E-state index contributed by atoms with van der Waals surface area (Å²) in [6.45, 7) is -3.38. The first-order valence-electron chi connectivity index (χ1n) is 7.56. The second-order valence-corrected chi connectivity index (χ2v) is 7.21. The van der Waals surface area contributed by atoms with Crippen LogP contribution in [0.5, 0.6) is 5.75 Å². The molecule has 0 bridgehead atoms. The van der Waals surface area contributed by atoms with E-state index in [1.54, 1.807) is 6.08 Å². The van der Waals surface area contributed by atoms with Gasteiger partial charge in [-0.1, -0.05) is 6.07 Å². The number of amides is 3. The third kappa shape index (κ3) is 4.92. The average Bonchev–Trinajstić information content (AvgIpc) is 3.21. The third-order valence-electron chi connectivity index (χ3n) is 3.36. The maximum Gasteiger partial charge on any atom is 0.387 e. The van der Waals surface area contributed by atoms with Crippen molar-refractivity contribution in [2.45, 2.75) is 6.61 Å². The molecule has 1 N–H and O–H groups in total. The Kier molecular flexibility index (Phi) is 5.87. The van der Waals surface area contributed by atoms with E-state index >= 15 is 0 Å². The minimum Gasteiger partial charge on any atom is -0.435 e. The van der Waals surface area contributed by atoms with Gasteiger partial charge < -0.3 is 10.1 Å². The molecule has 27 heavy (non-hydrogen) atoms. The van der Waals surface area contributed by atoms with Gasteiger partial charge in [0.2, 0.25) is 5.91 Å². The van der Waals surface area contributed by atoms with E-state index in [9.17, 15) is 23.2 Å². The molecular formula is C17H12F2N2O4S2. The van der Waals surface area contributed by atoms with E-state index in [0.717, 1.165) is 21.5 Å². The van der Waals surface area contributed by atoms with Crippen LogP contribution < -0.4 is 10.1 Å². The Morgan fingerprint density at radius 2 is 1.96 bits per heavy atom. The lowest BCUT2D eigenvalue weighted by atomic mass is 10.3. The van der Waals surface area contributed by atoms with Gasteiger partial charge >= 0.3 is 6.61 Å². The minimum atomic E-state index is -2.94. The van der Waals surface area contributed by atoms with Crippen molar-refractivity contribution in [2.24, 2.45) is 0 Å². The zero-order valence-corrected chi connectivity index (χ0v) is 15.2. The Morgan fingerprint density at radius 1 is 1.22 bits per heavy atom. The first-order valence-corrected chi connectivity index (χ1v) is 9.25. The number of hydrogen-bond acceptors (Lipinski definition) is 6. The molecule has 6 nitrogen and oxygen atoms in total. The number of thioether (sulfide) groups is 1. The first kappa shape index (κ1) is 19.1. The van der Waals surface area contributed by atoms with Gasteiger partial charge in [-0.15, -0.1) is 11.3 Å². The van der Waals surface area contributed by atoms with Crippen LogP contribution >= 0.6 is 23.1 Å². The lowest BCUT2D eigenvalue weighted by Crippen LogP contribution is -2.36. The number of rotatable bonds is 6. The molecule has 1 fully saturated rings. The molecule has 140 valence electrons. The number of imide groups is 1. The van der Waals surface area contributed by atoms with Crippen LogP contribution in [0.25, 0.3) is 6.08 Å². The number of anilines is 1. The molecule has 0 unspecified atom stereocenters. The Bertz CT molecular complexity index is 883. The quantitative estimate of drug-likeness (QED) is 0.728. The predicted molar refractivity (Wildman–Crippen MR) is 98.7 cm³/mol. The number of halogens is 2. The fraction of sp³-hybridized carbons (Fsp3) is 0.118. The van der Waals surface area contributed by atoms with Gasteiger partial charge in [0.05, 0.1) is 4.91 Å². The van der Waals surface area contributed by atoms with Crippen molar-refractivity contribution in [3.8, 4) is 5.75 Å². The average molecular weight is 410 g/mol. The van der Waals surface area contributed by atoms with Gasteiger partial charge in [-0.2, -0.15) is 8.78 Å². The molecule has 0 spiro atoms. The highest BCUT2D eigenvalue weighted by Crippen LogP contribution is 2.32. The number of carbonyl (C=O) groups excluding carboxylic acids is 3. The van der Waals surface area contributed by atoms with Crippen molar-refractivity contribution < 1.29 is 27.9 Å². The lowest BCUT2D eigenvalue weighted by Gasteiger charge is -2.12. The molecule has 0 aliphatic carbocycles. The van der Waals surface area contributed by atoms with E-state index in [1.165, 1.54) is 35.6 Å². The summed E-state index contributed by atoms with van der Waals surface area (Å²) in [6.07, 6.45) is 1.61. The molecule has 1 aliphatic heterocycles. The molecule has 0 saturated carbocycles. The number of carbonyl (C=O) groups is 3. The van der Waals surface area contributed by atoms with E-state index in [4.69, 9.17) is 0 Å². The first-order chi connectivity index (χ1) is 12.9. The van der Waals surface area contributed by atoms with Crippen molar-refractivity contribution >= 4 is 51.9 Å². The van der Waals surface area contributed by atoms with Crippen molar-refractivity contribution in [1.82, 2.24) is 4.90 Å². The van der Waals surface area contributed by atoms with Crippen LogP contribution in [0.4, 0.5) is 19.3 Å². The van der Waals surface area contributed by atoms with E-state index in [-0.39, 0.29) is 10.7 Å². The van der Waals surface area contributed by atoms with Crippen molar-refractivity contribution in [2.75, 3.05) is 11.9 Å². The number of nitrogens with one attached hydrogen (secondary N) is 1. The molecule has 1 saturated heterocycles. The number of nitrogens with zero attached hydrogens (tertiary/aromatic N) is 1. The predicted octanol–water partition coefficient (Wildman–Crippen LogP) is 4.02. The molecule has 1 aliphatic rings. The summed E-state index contributed by atoms with van der Waals surface area (Å²) >= 11 is 2.20. The van der Waals surface area contributed by atoms with Crippen molar-refractivity contribution in [3.63, 3.8) is 0 Å². The normalized spacial score (nSPS) is 15.7. The van der Waals surface area contributed by atoms with Gasteiger partial charge in [-0.05, 0) is 53.5 Å². The smallest absolute Gasteiger partial charge is 0.387 e. The highest BCUT2D eigenvalue weighted by atomic mass is 32.2. The highest BCUT2D eigenvalue weighted by molar-refractivity contribution is 8.18. The van der Waals surface area contributed by atoms with Gasteiger partial charge in [0.1, 0.15) is 12.3 Å². The highest BCUT2D eigenvalue weighted by Gasteiger charge is 2.36. The Hall–Kier alpha value is -2.72. The van der Waals surface area contributed by atoms with Crippen LogP contribution in [0.1, 0.15) is 4.88 Å². The number of hydrogen-bond donors (Lipinski definition) is 1. The molecule has 2 heterocycles. The summed E-state index contributed by atoms with van der Waals surface area (Å²) in [4.78, 5) is 38.4.